The van der Waals surface area contributed by atoms with Gasteiger partial charge in [-0.1, -0.05) is 11.6 Å². The summed E-state index contributed by atoms with van der Waals surface area (Å²) < 4.78 is 0.564. The number of nitrogens with zero attached hydrogens (tertiary/aromatic N) is 2. The summed E-state index contributed by atoms with van der Waals surface area (Å²) in [4.78, 5) is 27.2. The van der Waals surface area contributed by atoms with Gasteiger partial charge in [0, 0.05) is 23.1 Å². The monoisotopic (exact) mass is 379 g/mol. The van der Waals surface area contributed by atoms with E-state index in [1.165, 1.54) is 34.8 Å². The second kappa shape index (κ2) is 7.08. The highest BCUT2D eigenvalue weighted by Crippen LogP contribution is 2.26. The van der Waals surface area contributed by atoms with Crippen LogP contribution in [0.4, 0.5) is 5.69 Å². The van der Waals surface area contributed by atoms with E-state index in [2.05, 4.69) is 10.3 Å². The van der Waals surface area contributed by atoms with Crippen molar-refractivity contribution in [1.82, 2.24) is 10.3 Å². The second-order valence-electron chi connectivity index (χ2n) is 4.73. The van der Waals surface area contributed by atoms with E-state index in [0.29, 0.717) is 15.8 Å². The lowest BCUT2D eigenvalue weighted by Crippen LogP contribution is -2.21. The topological polar surface area (TPSA) is 85.1 Å². The standard InChI is InChI=1S/C15H10ClN3O3S2/c16-13-6-5-12(24-13)14(20)17-7-10-8-23-15(18-10)9-1-3-11(4-2-9)19(21)22/h1-6,8H,7H2,(H,17,20). The van der Waals surface area contributed by atoms with Crippen molar-refractivity contribution in [2.45, 2.75) is 6.54 Å². The van der Waals surface area contributed by atoms with Crippen LogP contribution in [0.3, 0.4) is 0 Å². The van der Waals surface area contributed by atoms with E-state index in [1.54, 1.807) is 24.3 Å². The van der Waals surface area contributed by atoms with Crippen LogP contribution in [-0.4, -0.2) is 15.8 Å². The number of aromatic nitrogens is 1. The van der Waals surface area contributed by atoms with Gasteiger partial charge in [0.2, 0.25) is 0 Å². The number of thiazole rings is 1. The number of carbonyl (C=O) groups excluding carboxylic acids is 1. The molecule has 3 aromatic rings. The summed E-state index contributed by atoms with van der Waals surface area (Å²) in [5, 5.41) is 16.0. The predicted molar refractivity (Wildman–Crippen MR) is 94.7 cm³/mol. The molecule has 0 aliphatic carbocycles. The lowest BCUT2D eigenvalue weighted by molar-refractivity contribution is -0.384. The lowest BCUT2D eigenvalue weighted by atomic mass is 10.2. The molecular weight excluding hydrogens is 370 g/mol. The quantitative estimate of drug-likeness (QED) is 0.527. The third-order valence-corrected chi connectivity index (χ3v) is 5.27. The molecule has 0 aliphatic heterocycles. The molecule has 0 saturated carbocycles. The Labute approximate surface area is 149 Å². The first-order chi connectivity index (χ1) is 11.5. The Kier molecular flexibility index (Phi) is 4.89. The summed E-state index contributed by atoms with van der Waals surface area (Å²) in [6, 6.07) is 9.56. The molecule has 0 aliphatic rings. The van der Waals surface area contributed by atoms with E-state index in [1.807, 2.05) is 5.38 Å². The molecule has 1 amide bonds. The molecule has 0 saturated heterocycles. The Bertz CT molecular complexity index is 890. The zero-order valence-corrected chi connectivity index (χ0v) is 14.5. The van der Waals surface area contributed by atoms with E-state index >= 15 is 0 Å². The highest BCUT2D eigenvalue weighted by Gasteiger charge is 2.11. The fourth-order valence-electron chi connectivity index (χ4n) is 1.94. The van der Waals surface area contributed by atoms with Gasteiger partial charge in [0.05, 0.1) is 26.4 Å². The second-order valence-corrected chi connectivity index (χ2v) is 7.31. The van der Waals surface area contributed by atoms with Gasteiger partial charge in [-0.05, 0) is 24.3 Å². The van der Waals surface area contributed by atoms with E-state index in [4.69, 9.17) is 11.6 Å². The number of nitro groups is 1. The van der Waals surface area contributed by atoms with E-state index < -0.39 is 4.92 Å². The van der Waals surface area contributed by atoms with Crippen molar-refractivity contribution in [3.63, 3.8) is 0 Å². The largest absolute Gasteiger partial charge is 0.346 e. The van der Waals surface area contributed by atoms with Gasteiger partial charge < -0.3 is 5.32 Å². The average molecular weight is 380 g/mol. The summed E-state index contributed by atoms with van der Waals surface area (Å²) in [5.41, 5.74) is 1.56. The van der Waals surface area contributed by atoms with Crippen molar-refractivity contribution >= 4 is 45.9 Å². The molecule has 3 rings (SSSR count). The van der Waals surface area contributed by atoms with E-state index in [0.717, 1.165) is 16.3 Å². The van der Waals surface area contributed by atoms with Crippen molar-refractivity contribution in [2.75, 3.05) is 0 Å². The van der Waals surface area contributed by atoms with Crippen LogP contribution in [0.25, 0.3) is 10.6 Å². The van der Waals surface area contributed by atoms with Crippen LogP contribution >= 0.6 is 34.3 Å². The van der Waals surface area contributed by atoms with Gasteiger partial charge >= 0.3 is 0 Å². The zero-order valence-electron chi connectivity index (χ0n) is 12.1. The van der Waals surface area contributed by atoms with Gasteiger partial charge in [-0.2, -0.15) is 0 Å². The van der Waals surface area contributed by atoms with Crippen molar-refractivity contribution < 1.29 is 9.72 Å². The maximum atomic E-state index is 12.0. The van der Waals surface area contributed by atoms with Crippen molar-refractivity contribution in [1.29, 1.82) is 0 Å². The molecule has 2 heterocycles. The van der Waals surface area contributed by atoms with Gasteiger partial charge in [-0.3, -0.25) is 14.9 Å². The third kappa shape index (κ3) is 3.78. The zero-order chi connectivity index (χ0) is 17.1. The fourth-order valence-corrected chi connectivity index (χ4v) is 3.73. The van der Waals surface area contributed by atoms with Crippen LogP contribution in [0.15, 0.2) is 41.8 Å². The minimum atomic E-state index is -0.441. The number of hydrogen-bond acceptors (Lipinski definition) is 6. The fraction of sp³-hybridized carbons (Fsp3) is 0.0667. The van der Waals surface area contributed by atoms with Crippen LogP contribution in [0, 0.1) is 10.1 Å². The van der Waals surface area contributed by atoms with Gasteiger partial charge in [-0.25, -0.2) is 4.98 Å². The van der Waals surface area contributed by atoms with Crippen LogP contribution in [0.2, 0.25) is 4.34 Å². The molecule has 1 aromatic carbocycles. The molecule has 2 aromatic heterocycles. The summed E-state index contributed by atoms with van der Waals surface area (Å²) in [6.07, 6.45) is 0. The SMILES string of the molecule is O=C(NCc1csc(-c2ccc([N+](=O)[O-])cc2)n1)c1ccc(Cl)s1. The highest BCUT2D eigenvalue weighted by molar-refractivity contribution is 7.18. The van der Waals surface area contributed by atoms with Crippen molar-refractivity contribution in [3.8, 4) is 10.6 Å². The molecule has 0 bridgehead atoms. The van der Waals surface area contributed by atoms with Crippen LogP contribution in [0.1, 0.15) is 15.4 Å². The molecule has 122 valence electrons. The van der Waals surface area contributed by atoms with E-state index in [-0.39, 0.29) is 11.6 Å². The number of benzene rings is 1. The molecular formula is C15H10ClN3O3S2. The number of amides is 1. The molecule has 9 heteroatoms. The molecule has 6 nitrogen and oxygen atoms in total. The lowest BCUT2D eigenvalue weighted by Gasteiger charge is -2.00. The third-order valence-electron chi connectivity index (χ3n) is 3.10. The first-order valence-corrected chi connectivity index (χ1v) is 8.83. The Morgan fingerprint density at radius 3 is 2.62 bits per heavy atom. The molecule has 0 radical (unpaired) electrons. The molecule has 0 unspecified atom stereocenters. The highest BCUT2D eigenvalue weighted by atomic mass is 35.5. The first kappa shape index (κ1) is 16.6. The van der Waals surface area contributed by atoms with Crippen molar-refractivity contribution in [2.24, 2.45) is 0 Å². The Morgan fingerprint density at radius 1 is 1.25 bits per heavy atom. The summed E-state index contributed by atoms with van der Waals surface area (Å²) in [7, 11) is 0. The Morgan fingerprint density at radius 2 is 2.00 bits per heavy atom. The molecule has 0 spiro atoms. The Hall–Kier alpha value is -2.29. The van der Waals surface area contributed by atoms with Gasteiger partial charge in [0.1, 0.15) is 5.01 Å². The maximum Gasteiger partial charge on any atom is 0.269 e. The number of carbonyl (C=O) groups is 1. The smallest absolute Gasteiger partial charge is 0.269 e. The number of thiophene rings is 1. The minimum absolute atomic E-state index is 0.0393. The first-order valence-electron chi connectivity index (χ1n) is 6.75. The number of nitro benzene ring substituents is 1. The maximum absolute atomic E-state index is 12.0. The van der Waals surface area contributed by atoms with Gasteiger partial charge in [0.25, 0.3) is 11.6 Å². The van der Waals surface area contributed by atoms with Crippen molar-refractivity contribution in [3.05, 3.63) is 66.8 Å². The average Bonchev–Trinajstić information content (AvgIpc) is 3.22. The number of rotatable bonds is 5. The van der Waals surface area contributed by atoms with E-state index in [9.17, 15) is 14.9 Å². The van der Waals surface area contributed by atoms with Crippen LogP contribution < -0.4 is 5.32 Å². The number of nitrogens with one attached hydrogen (secondary N) is 1. The number of halogens is 1. The van der Waals surface area contributed by atoms with Gasteiger partial charge in [-0.15, -0.1) is 22.7 Å². The normalized spacial score (nSPS) is 10.5. The number of hydrogen-bond donors (Lipinski definition) is 1. The van der Waals surface area contributed by atoms with Crippen LogP contribution in [0.5, 0.6) is 0 Å². The molecule has 1 N–H and O–H groups in total. The van der Waals surface area contributed by atoms with Crippen LogP contribution in [-0.2, 0) is 6.54 Å². The summed E-state index contributed by atoms with van der Waals surface area (Å²) >= 11 is 8.44. The number of non-ortho nitro benzene ring substituents is 1. The van der Waals surface area contributed by atoms with Gasteiger partial charge in [0.15, 0.2) is 0 Å². The molecule has 0 fully saturated rings. The minimum Gasteiger partial charge on any atom is -0.346 e. The summed E-state index contributed by atoms with van der Waals surface area (Å²) in [5.74, 6) is -0.197. The predicted octanol–water partition coefficient (Wildman–Crippen LogP) is 4.36. The Balaban J connectivity index is 1.65. The molecule has 24 heavy (non-hydrogen) atoms. The molecule has 0 atom stereocenters. The summed E-state index contributed by atoms with van der Waals surface area (Å²) in [6.45, 7) is 0.303.